The number of rotatable bonds is 10. The minimum absolute atomic E-state index is 0.0798. The van der Waals surface area contributed by atoms with Crippen molar-refractivity contribution < 1.29 is 19.4 Å². The molecule has 0 saturated heterocycles. The highest BCUT2D eigenvalue weighted by Crippen LogP contribution is 2.33. The number of aliphatic hydroxyl groups is 1. The predicted octanol–water partition coefficient (Wildman–Crippen LogP) is 5.22. The summed E-state index contributed by atoms with van der Waals surface area (Å²) >= 11 is 12.3. The molecule has 4 rings (SSSR count). The first-order valence-electron chi connectivity index (χ1n) is 11.8. The van der Waals surface area contributed by atoms with E-state index in [1.165, 1.54) is 0 Å². The average Bonchev–Trinajstić information content (AvgIpc) is 3.21. The number of nitrogens with one attached hydrogen (secondary N) is 1. The van der Waals surface area contributed by atoms with Crippen molar-refractivity contribution in [3.63, 3.8) is 0 Å². The van der Waals surface area contributed by atoms with Crippen molar-refractivity contribution in [3.8, 4) is 5.75 Å². The first-order chi connectivity index (χ1) is 17.4. The normalized spacial score (nSPS) is 18.9. The van der Waals surface area contributed by atoms with Gasteiger partial charge in [0.05, 0.1) is 6.61 Å². The van der Waals surface area contributed by atoms with Crippen LogP contribution in [0.5, 0.6) is 5.75 Å². The molecule has 1 aliphatic rings. The number of benzene rings is 3. The number of carbonyl (C=O) groups is 1. The molecule has 6 nitrogen and oxygen atoms in total. The molecule has 0 aromatic heterocycles. The zero-order valence-corrected chi connectivity index (χ0v) is 21.4. The summed E-state index contributed by atoms with van der Waals surface area (Å²) in [5.41, 5.74) is 1.33. The van der Waals surface area contributed by atoms with Gasteiger partial charge in [-0.05, 0) is 54.4 Å². The van der Waals surface area contributed by atoms with Crippen LogP contribution in [-0.2, 0) is 22.5 Å². The molecule has 2 N–H and O–H groups in total. The van der Waals surface area contributed by atoms with E-state index in [1.807, 2.05) is 61.5 Å². The van der Waals surface area contributed by atoms with E-state index in [1.54, 1.807) is 18.2 Å². The maximum Gasteiger partial charge on any atom is 0.252 e. The van der Waals surface area contributed by atoms with Gasteiger partial charge in [-0.15, -0.1) is 0 Å². The highest BCUT2D eigenvalue weighted by Gasteiger charge is 2.50. The fourth-order valence-corrected chi connectivity index (χ4v) is 4.52. The number of aliphatic imine (C=N–C) groups is 1. The molecule has 1 aliphatic heterocycles. The van der Waals surface area contributed by atoms with Gasteiger partial charge >= 0.3 is 0 Å². The van der Waals surface area contributed by atoms with E-state index in [0.29, 0.717) is 41.1 Å². The average molecular weight is 527 g/mol. The molecular formula is C28H28Cl2N2O4. The number of aliphatic hydroxyl groups excluding tert-OH is 1. The summed E-state index contributed by atoms with van der Waals surface area (Å²) in [6.07, 6.45) is 0.433. The van der Waals surface area contributed by atoms with Crippen LogP contribution in [0.4, 0.5) is 0 Å². The SMILES string of the molecule is C[C@H]1OC(c2ccc(OCCCO)cc2)=N[C@@]1(Cc1ccccc1)C(=O)NCc1ccc(Cl)cc1Cl. The maximum absolute atomic E-state index is 13.7. The van der Waals surface area contributed by atoms with Gasteiger partial charge in [-0.2, -0.15) is 0 Å². The van der Waals surface area contributed by atoms with Crippen molar-refractivity contribution in [3.05, 3.63) is 99.5 Å². The van der Waals surface area contributed by atoms with Crippen LogP contribution in [-0.4, -0.2) is 41.8 Å². The van der Waals surface area contributed by atoms with Crippen LogP contribution in [0.3, 0.4) is 0 Å². The Morgan fingerprint density at radius 2 is 1.86 bits per heavy atom. The standard InChI is InChI=1S/C28H28Cl2N2O4/c1-19-28(17-20-6-3-2-4-7-20,27(34)31-18-22-8-11-23(29)16-25(22)30)32-26(36-19)21-9-12-24(13-10-21)35-15-5-14-33/h2-4,6-13,16,19,33H,5,14-15,17-18H2,1H3,(H,31,34)/t19-,28-/m1/s1. The van der Waals surface area contributed by atoms with E-state index < -0.39 is 11.6 Å². The first kappa shape index (κ1) is 26.0. The molecule has 3 aromatic carbocycles. The number of amides is 1. The zero-order chi connectivity index (χ0) is 25.5. The van der Waals surface area contributed by atoms with Crippen molar-refractivity contribution in [1.29, 1.82) is 0 Å². The Labute approximate surface area is 220 Å². The van der Waals surface area contributed by atoms with E-state index in [9.17, 15) is 4.79 Å². The smallest absolute Gasteiger partial charge is 0.252 e. The van der Waals surface area contributed by atoms with Crippen molar-refractivity contribution in [2.75, 3.05) is 13.2 Å². The monoisotopic (exact) mass is 526 g/mol. The Morgan fingerprint density at radius 1 is 1.11 bits per heavy atom. The minimum Gasteiger partial charge on any atom is -0.494 e. The Balaban J connectivity index is 1.59. The molecule has 8 heteroatoms. The van der Waals surface area contributed by atoms with Gasteiger partial charge in [0, 0.05) is 41.6 Å². The summed E-state index contributed by atoms with van der Waals surface area (Å²) in [6, 6.07) is 22.3. The van der Waals surface area contributed by atoms with Crippen LogP contribution in [0.25, 0.3) is 0 Å². The molecule has 0 radical (unpaired) electrons. The van der Waals surface area contributed by atoms with Crippen molar-refractivity contribution in [2.24, 2.45) is 4.99 Å². The lowest BCUT2D eigenvalue weighted by molar-refractivity contribution is -0.128. The van der Waals surface area contributed by atoms with E-state index >= 15 is 0 Å². The summed E-state index contributed by atoms with van der Waals surface area (Å²) in [5, 5.41) is 13.0. The van der Waals surface area contributed by atoms with Crippen molar-refractivity contribution in [2.45, 2.75) is 38.0 Å². The summed E-state index contributed by atoms with van der Waals surface area (Å²) in [4.78, 5) is 18.6. The van der Waals surface area contributed by atoms with Gasteiger partial charge in [-0.25, -0.2) is 4.99 Å². The molecular weight excluding hydrogens is 499 g/mol. The molecule has 0 unspecified atom stereocenters. The summed E-state index contributed by atoms with van der Waals surface area (Å²) in [6.45, 7) is 2.61. The zero-order valence-electron chi connectivity index (χ0n) is 19.9. The van der Waals surface area contributed by atoms with E-state index in [4.69, 9.17) is 42.8 Å². The molecule has 0 aliphatic carbocycles. The molecule has 1 amide bonds. The van der Waals surface area contributed by atoms with E-state index in [2.05, 4.69) is 5.32 Å². The molecule has 0 spiro atoms. The third-order valence-electron chi connectivity index (χ3n) is 6.10. The fourth-order valence-electron chi connectivity index (χ4n) is 4.04. The van der Waals surface area contributed by atoms with Crippen molar-refractivity contribution >= 4 is 35.0 Å². The van der Waals surface area contributed by atoms with Gasteiger partial charge in [0.25, 0.3) is 5.91 Å². The Morgan fingerprint density at radius 3 is 2.56 bits per heavy atom. The fraction of sp³-hybridized carbons (Fsp3) is 0.286. The van der Waals surface area contributed by atoms with Crippen LogP contribution < -0.4 is 10.1 Å². The highest BCUT2D eigenvalue weighted by molar-refractivity contribution is 6.35. The van der Waals surface area contributed by atoms with E-state index in [0.717, 1.165) is 16.7 Å². The molecule has 3 aromatic rings. The molecule has 0 fully saturated rings. The number of ether oxygens (including phenoxy) is 2. The number of nitrogens with zero attached hydrogens (tertiary/aromatic N) is 1. The lowest BCUT2D eigenvalue weighted by Crippen LogP contribution is -2.52. The topological polar surface area (TPSA) is 80.2 Å². The molecule has 2 atom stereocenters. The predicted molar refractivity (Wildman–Crippen MR) is 142 cm³/mol. The lowest BCUT2D eigenvalue weighted by atomic mass is 9.86. The van der Waals surface area contributed by atoms with Crippen LogP contribution in [0.1, 0.15) is 30.0 Å². The molecule has 188 valence electrons. The Hall–Kier alpha value is -3.06. The second kappa shape index (κ2) is 11.8. The first-order valence-corrected chi connectivity index (χ1v) is 12.5. The minimum atomic E-state index is -1.16. The molecule has 36 heavy (non-hydrogen) atoms. The van der Waals surface area contributed by atoms with Gasteiger partial charge in [0.15, 0.2) is 5.54 Å². The molecule has 0 saturated carbocycles. The second-order valence-electron chi connectivity index (χ2n) is 8.63. The summed E-state index contributed by atoms with van der Waals surface area (Å²) in [5.74, 6) is 0.843. The summed E-state index contributed by atoms with van der Waals surface area (Å²) < 4.78 is 11.8. The number of carbonyl (C=O) groups excluding carboxylic acids is 1. The van der Waals surface area contributed by atoms with Crippen LogP contribution in [0, 0.1) is 0 Å². The quantitative estimate of drug-likeness (QED) is 0.355. The van der Waals surface area contributed by atoms with Gasteiger partial charge in [0.2, 0.25) is 5.90 Å². The second-order valence-corrected chi connectivity index (χ2v) is 9.48. The van der Waals surface area contributed by atoms with E-state index in [-0.39, 0.29) is 19.1 Å². The maximum atomic E-state index is 13.7. The van der Waals surface area contributed by atoms with Gasteiger partial charge in [-0.3, -0.25) is 4.79 Å². The Bertz CT molecular complexity index is 1220. The van der Waals surface area contributed by atoms with Crippen LogP contribution in [0.2, 0.25) is 10.0 Å². The summed E-state index contributed by atoms with van der Waals surface area (Å²) in [7, 11) is 0. The number of hydrogen-bond acceptors (Lipinski definition) is 5. The molecule has 0 bridgehead atoms. The van der Waals surface area contributed by atoms with Crippen LogP contribution >= 0.6 is 23.2 Å². The highest BCUT2D eigenvalue weighted by atomic mass is 35.5. The van der Waals surface area contributed by atoms with Crippen LogP contribution in [0.15, 0.2) is 77.8 Å². The van der Waals surface area contributed by atoms with Gasteiger partial charge in [-0.1, -0.05) is 59.6 Å². The lowest BCUT2D eigenvalue weighted by Gasteiger charge is -2.28. The third-order valence-corrected chi connectivity index (χ3v) is 6.69. The number of halogens is 2. The Kier molecular flexibility index (Phi) is 8.52. The van der Waals surface area contributed by atoms with Gasteiger partial charge in [0.1, 0.15) is 11.9 Å². The number of hydrogen-bond donors (Lipinski definition) is 2. The third kappa shape index (κ3) is 6.01. The molecule has 1 heterocycles. The van der Waals surface area contributed by atoms with Gasteiger partial charge < -0.3 is 19.9 Å². The van der Waals surface area contributed by atoms with Crippen molar-refractivity contribution in [1.82, 2.24) is 5.32 Å². The largest absolute Gasteiger partial charge is 0.494 e.